The molecule has 1 saturated heterocycles. The van der Waals surface area contributed by atoms with Crippen molar-refractivity contribution < 1.29 is 0 Å². The Labute approximate surface area is 108 Å². The highest BCUT2D eigenvalue weighted by atomic mass is 15.2. The lowest BCUT2D eigenvalue weighted by molar-refractivity contribution is 0.177. The topological polar surface area (TPSA) is 15.3 Å². The predicted octanol–water partition coefficient (Wildman–Crippen LogP) is 3.28. The van der Waals surface area contributed by atoms with Crippen LogP contribution in [0.25, 0.3) is 0 Å². The van der Waals surface area contributed by atoms with Gasteiger partial charge < -0.3 is 5.32 Å². The van der Waals surface area contributed by atoms with Gasteiger partial charge in [-0.1, -0.05) is 20.8 Å². The molecule has 0 saturated carbocycles. The van der Waals surface area contributed by atoms with Crippen molar-refractivity contribution in [3.8, 4) is 0 Å². The first-order valence-corrected chi connectivity index (χ1v) is 7.61. The molecule has 2 heteroatoms. The highest BCUT2D eigenvalue weighted by Crippen LogP contribution is 2.15. The quantitative estimate of drug-likeness (QED) is 0.700. The second-order valence-corrected chi connectivity index (χ2v) is 6.11. The van der Waals surface area contributed by atoms with Crippen LogP contribution in [0.4, 0.5) is 0 Å². The molecule has 0 amide bonds. The molecule has 1 aliphatic rings. The zero-order valence-electron chi connectivity index (χ0n) is 12.3. The summed E-state index contributed by atoms with van der Waals surface area (Å²) in [5, 5.41) is 3.62. The molecular formula is C15H32N2. The molecule has 1 fully saturated rings. The molecule has 17 heavy (non-hydrogen) atoms. The maximum atomic E-state index is 3.62. The monoisotopic (exact) mass is 240 g/mol. The average Bonchev–Trinajstić information content (AvgIpc) is 2.78. The van der Waals surface area contributed by atoms with Gasteiger partial charge in [0.25, 0.3) is 0 Å². The van der Waals surface area contributed by atoms with Crippen molar-refractivity contribution in [2.24, 2.45) is 5.92 Å². The number of rotatable bonds is 8. The summed E-state index contributed by atoms with van der Waals surface area (Å²) in [6.07, 6.45) is 6.73. The minimum Gasteiger partial charge on any atom is -0.313 e. The molecule has 1 rings (SSSR count). The van der Waals surface area contributed by atoms with Crippen LogP contribution in [0.2, 0.25) is 0 Å². The second kappa shape index (κ2) is 8.10. The summed E-state index contributed by atoms with van der Waals surface area (Å²) in [7, 11) is 0. The normalized spacial score (nSPS) is 22.6. The fraction of sp³-hybridized carbons (Fsp3) is 1.00. The van der Waals surface area contributed by atoms with Crippen molar-refractivity contribution >= 4 is 0 Å². The second-order valence-electron chi connectivity index (χ2n) is 6.11. The third kappa shape index (κ3) is 5.87. The number of nitrogens with zero attached hydrogens (tertiary/aromatic N) is 1. The lowest BCUT2D eigenvalue weighted by Crippen LogP contribution is -2.42. The molecule has 0 aromatic heterocycles. The highest BCUT2D eigenvalue weighted by molar-refractivity contribution is 4.80. The predicted molar refractivity (Wildman–Crippen MR) is 76.4 cm³/mol. The van der Waals surface area contributed by atoms with Crippen LogP contribution in [-0.2, 0) is 0 Å². The fourth-order valence-electron chi connectivity index (χ4n) is 2.73. The maximum absolute atomic E-state index is 3.62. The van der Waals surface area contributed by atoms with Crippen molar-refractivity contribution in [1.82, 2.24) is 10.2 Å². The summed E-state index contributed by atoms with van der Waals surface area (Å²) < 4.78 is 0. The van der Waals surface area contributed by atoms with E-state index < -0.39 is 0 Å². The third-order valence-corrected chi connectivity index (χ3v) is 3.91. The average molecular weight is 240 g/mol. The molecule has 1 aliphatic heterocycles. The van der Waals surface area contributed by atoms with E-state index in [9.17, 15) is 0 Å². The summed E-state index contributed by atoms with van der Waals surface area (Å²) >= 11 is 0. The summed E-state index contributed by atoms with van der Waals surface area (Å²) in [5.41, 5.74) is 0. The Morgan fingerprint density at radius 2 is 2.00 bits per heavy atom. The van der Waals surface area contributed by atoms with Gasteiger partial charge in [-0.15, -0.1) is 0 Å². The molecule has 2 atom stereocenters. The van der Waals surface area contributed by atoms with E-state index in [1.807, 2.05) is 0 Å². The standard InChI is InChI=1S/C15H32N2/c1-5-11-17(12-15-7-6-10-16-15)14(4)9-8-13(2)3/h13-16H,5-12H2,1-4H3. The van der Waals surface area contributed by atoms with Crippen molar-refractivity contribution in [2.45, 2.75) is 71.9 Å². The fourth-order valence-corrected chi connectivity index (χ4v) is 2.73. The van der Waals surface area contributed by atoms with Crippen molar-refractivity contribution in [1.29, 1.82) is 0 Å². The Hall–Kier alpha value is -0.0800. The van der Waals surface area contributed by atoms with E-state index in [0.29, 0.717) is 0 Å². The summed E-state index contributed by atoms with van der Waals surface area (Å²) in [6, 6.07) is 1.50. The Balaban J connectivity index is 2.34. The van der Waals surface area contributed by atoms with Gasteiger partial charge >= 0.3 is 0 Å². The van der Waals surface area contributed by atoms with Crippen LogP contribution in [-0.4, -0.2) is 36.6 Å². The minimum atomic E-state index is 0.750. The van der Waals surface area contributed by atoms with E-state index in [1.54, 1.807) is 0 Å². The smallest absolute Gasteiger partial charge is 0.0195 e. The summed E-state index contributed by atoms with van der Waals surface area (Å²) in [6.45, 7) is 13.1. The highest BCUT2D eigenvalue weighted by Gasteiger charge is 2.20. The molecule has 0 bridgehead atoms. The Morgan fingerprint density at radius 1 is 1.24 bits per heavy atom. The molecule has 0 aromatic carbocycles. The largest absolute Gasteiger partial charge is 0.313 e. The third-order valence-electron chi connectivity index (χ3n) is 3.91. The van der Waals surface area contributed by atoms with Gasteiger partial charge in [-0.05, 0) is 58.0 Å². The lowest BCUT2D eigenvalue weighted by atomic mass is 10.0. The van der Waals surface area contributed by atoms with Crippen LogP contribution < -0.4 is 5.32 Å². The van der Waals surface area contributed by atoms with Crippen molar-refractivity contribution in [3.05, 3.63) is 0 Å². The number of nitrogens with one attached hydrogen (secondary N) is 1. The van der Waals surface area contributed by atoms with Gasteiger partial charge in [0.05, 0.1) is 0 Å². The Bertz CT molecular complexity index is 185. The van der Waals surface area contributed by atoms with Gasteiger partial charge in [-0.2, -0.15) is 0 Å². The number of hydrogen-bond acceptors (Lipinski definition) is 2. The molecule has 2 unspecified atom stereocenters. The first-order valence-electron chi connectivity index (χ1n) is 7.61. The molecule has 1 heterocycles. The van der Waals surface area contributed by atoms with Crippen LogP contribution in [0.1, 0.15) is 59.8 Å². The summed E-state index contributed by atoms with van der Waals surface area (Å²) in [5.74, 6) is 0.838. The first-order chi connectivity index (χ1) is 8.13. The zero-order valence-corrected chi connectivity index (χ0v) is 12.3. The van der Waals surface area contributed by atoms with Gasteiger partial charge in [-0.3, -0.25) is 4.90 Å². The van der Waals surface area contributed by atoms with Gasteiger partial charge in [-0.25, -0.2) is 0 Å². The first kappa shape index (κ1) is 15.0. The van der Waals surface area contributed by atoms with Crippen LogP contribution >= 0.6 is 0 Å². The zero-order chi connectivity index (χ0) is 12.7. The van der Waals surface area contributed by atoms with E-state index in [-0.39, 0.29) is 0 Å². The molecule has 0 aromatic rings. The Morgan fingerprint density at radius 3 is 2.53 bits per heavy atom. The summed E-state index contributed by atoms with van der Waals surface area (Å²) in [4.78, 5) is 2.70. The molecule has 0 aliphatic carbocycles. The van der Waals surface area contributed by atoms with E-state index in [4.69, 9.17) is 0 Å². The van der Waals surface area contributed by atoms with Gasteiger partial charge in [0, 0.05) is 18.6 Å². The molecule has 0 spiro atoms. The van der Waals surface area contributed by atoms with E-state index >= 15 is 0 Å². The van der Waals surface area contributed by atoms with E-state index in [1.165, 1.54) is 51.7 Å². The molecule has 102 valence electrons. The van der Waals surface area contributed by atoms with Crippen molar-refractivity contribution in [2.75, 3.05) is 19.6 Å². The van der Waals surface area contributed by atoms with Gasteiger partial charge in [0.15, 0.2) is 0 Å². The maximum Gasteiger partial charge on any atom is 0.0195 e. The molecular weight excluding hydrogens is 208 g/mol. The molecule has 2 nitrogen and oxygen atoms in total. The van der Waals surface area contributed by atoms with E-state index in [0.717, 1.165) is 18.0 Å². The van der Waals surface area contributed by atoms with Gasteiger partial charge in [0.2, 0.25) is 0 Å². The van der Waals surface area contributed by atoms with Crippen LogP contribution in [0.3, 0.4) is 0 Å². The van der Waals surface area contributed by atoms with E-state index in [2.05, 4.69) is 37.9 Å². The lowest BCUT2D eigenvalue weighted by Gasteiger charge is -2.31. The van der Waals surface area contributed by atoms with Crippen LogP contribution in [0.15, 0.2) is 0 Å². The van der Waals surface area contributed by atoms with Crippen LogP contribution in [0.5, 0.6) is 0 Å². The minimum absolute atomic E-state index is 0.750. The van der Waals surface area contributed by atoms with Gasteiger partial charge in [0.1, 0.15) is 0 Å². The molecule has 0 radical (unpaired) electrons. The molecule has 1 N–H and O–H groups in total. The Kier molecular flexibility index (Phi) is 7.14. The number of hydrogen-bond donors (Lipinski definition) is 1. The SMILES string of the molecule is CCCN(CC1CCCN1)C(C)CCC(C)C. The van der Waals surface area contributed by atoms with Crippen LogP contribution in [0, 0.1) is 5.92 Å². The van der Waals surface area contributed by atoms with Crippen molar-refractivity contribution in [3.63, 3.8) is 0 Å².